The Morgan fingerprint density at radius 1 is 1.56 bits per heavy atom. The van der Waals surface area contributed by atoms with Crippen LogP contribution >= 0.6 is 22.9 Å². The van der Waals surface area contributed by atoms with Crippen molar-refractivity contribution in [3.8, 4) is 0 Å². The molecule has 0 unspecified atom stereocenters. The Bertz CT molecular complexity index is 464. The van der Waals surface area contributed by atoms with Crippen molar-refractivity contribution in [2.24, 2.45) is 0 Å². The van der Waals surface area contributed by atoms with Crippen LogP contribution in [0.1, 0.15) is 22.5 Å². The van der Waals surface area contributed by atoms with E-state index < -0.39 is 0 Å². The third kappa shape index (κ3) is 2.93. The molecule has 2 aromatic rings. The largest absolute Gasteiger partial charge is 0.293 e. The van der Waals surface area contributed by atoms with E-state index in [2.05, 4.69) is 5.10 Å². The zero-order valence-corrected chi connectivity index (χ0v) is 10.2. The lowest BCUT2D eigenvalue weighted by Crippen LogP contribution is -2.02. The van der Waals surface area contributed by atoms with E-state index in [1.165, 1.54) is 11.3 Å². The van der Waals surface area contributed by atoms with Gasteiger partial charge in [-0.3, -0.25) is 9.48 Å². The molecule has 16 heavy (non-hydrogen) atoms. The SMILES string of the molecule is O=C(CCCn1cc(Cl)cn1)c1cccs1. The van der Waals surface area contributed by atoms with Gasteiger partial charge in [-0.05, 0) is 17.9 Å². The summed E-state index contributed by atoms with van der Waals surface area (Å²) in [5.41, 5.74) is 0. The van der Waals surface area contributed by atoms with E-state index in [4.69, 9.17) is 11.6 Å². The molecule has 2 aromatic heterocycles. The molecule has 0 radical (unpaired) electrons. The topological polar surface area (TPSA) is 34.9 Å². The van der Waals surface area contributed by atoms with Crippen molar-refractivity contribution in [1.82, 2.24) is 9.78 Å². The number of ketones is 1. The van der Waals surface area contributed by atoms with E-state index in [0.29, 0.717) is 11.4 Å². The minimum absolute atomic E-state index is 0.202. The van der Waals surface area contributed by atoms with Gasteiger partial charge < -0.3 is 0 Å². The highest BCUT2D eigenvalue weighted by Crippen LogP contribution is 2.13. The molecule has 2 heterocycles. The number of hydrogen-bond acceptors (Lipinski definition) is 3. The molecular weight excluding hydrogens is 244 g/mol. The summed E-state index contributed by atoms with van der Waals surface area (Å²) in [6.45, 7) is 0.726. The first-order valence-corrected chi connectivity index (χ1v) is 6.26. The third-order valence-corrected chi connectivity index (χ3v) is 3.29. The number of thiophene rings is 1. The fourth-order valence-corrected chi connectivity index (χ4v) is 2.27. The molecule has 0 aliphatic carbocycles. The number of carbonyl (C=O) groups is 1. The summed E-state index contributed by atoms with van der Waals surface area (Å²) in [5.74, 6) is 0.202. The van der Waals surface area contributed by atoms with Gasteiger partial charge in [0.2, 0.25) is 0 Å². The Kier molecular flexibility index (Phi) is 3.74. The van der Waals surface area contributed by atoms with Gasteiger partial charge >= 0.3 is 0 Å². The molecule has 0 saturated heterocycles. The molecule has 0 aromatic carbocycles. The van der Waals surface area contributed by atoms with Crippen LogP contribution < -0.4 is 0 Å². The summed E-state index contributed by atoms with van der Waals surface area (Å²) >= 11 is 7.22. The molecule has 0 amide bonds. The average Bonchev–Trinajstić information content (AvgIpc) is 2.89. The van der Waals surface area contributed by atoms with Crippen LogP contribution in [0.4, 0.5) is 0 Å². The molecule has 0 N–H and O–H groups in total. The number of carbonyl (C=O) groups excluding carboxylic acids is 1. The van der Waals surface area contributed by atoms with E-state index in [9.17, 15) is 4.79 Å². The number of aromatic nitrogens is 2. The van der Waals surface area contributed by atoms with E-state index in [-0.39, 0.29) is 5.78 Å². The van der Waals surface area contributed by atoms with E-state index in [1.807, 2.05) is 17.5 Å². The fourth-order valence-electron chi connectivity index (χ4n) is 1.42. The maximum absolute atomic E-state index is 11.7. The van der Waals surface area contributed by atoms with Crippen molar-refractivity contribution in [2.45, 2.75) is 19.4 Å². The minimum atomic E-state index is 0.202. The van der Waals surface area contributed by atoms with Crippen LogP contribution in [0.15, 0.2) is 29.9 Å². The monoisotopic (exact) mass is 254 g/mol. The molecule has 0 saturated carbocycles. The van der Waals surface area contributed by atoms with Crippen molar-refractivity contribution >= 4 is 28.7 Å². The predicted octanol–water partition coefficient (Wildman–Crippen LogP) is 3.26. The summed E-state index contributed by atoms with van der Waals surface area (Å²) in [4.78, 5) is 12.5. The number of aryl methyl sites for hydroxylation is 1. The van der Waals surface area contributed by atoms with Gasteiger partial charge in [0.25, 0.3) is 0 Å². The second-order valence-electron chi connectivity index (χ2n) is 3.43. The van der Waals surface area contributed by atoms with Crippen molar-refractivity contribution in [3.63, 3.8) is 0 Å². The van der Waals surface area contributed by atoms with Gasteiger partial charge in [0.05, 0.1) is 16.1 Å². The number of hydrogen-bond donors (Lipinski definition) is 0. The Morgan fingerprint density at radius 3 is 3.06 bits per heavy atom. The number of Topliss-reactive ketones (excluding diaryl/α,β-unsaturated/α-hetero) is 1. The highest BCUT2D eigenvalue weighted by atomic mass is 35.5. The van der Waals surface area contributed by atoms with Crippen LogP contribution in [0.25, 0.3) is 0 Å². The first-order valence-electron chi connectivity index (χ1n) is 5.00. The van der Waals surface area contributed by atoms with Gasteiger partial charge in [-0.25, -0.2) is 0 Å². The van der Waals surface area contributed by atoms with Gasteiger partial charge in [-0.1, -0.05) is 17.7 Å². The molecule has 0 bridgehead atoms. The molecular formula is C11H11ClN2OS. The van der Waals surface area contributed by atoms with E-state index in [0.717, 1.165) is 17.8 Å². The van der Waals surface area contributed by atoms with Crippen LogP contribution in [-0.4, -0.2) is 15.6 Å². The first kappa shape index (κ1) is 11.4. The average molecular weight is 255 g/mol. The Morgan fingerprint density at radius 2 is 2.44 bits per heavy atom. The van der Waals surface area contributed by atoms with Crippen molar-refractivity contribution in [1.29, 1.82) is 0 Å². The molecule has 0 spiro atoms. The fraction of sp³-hybridized carbons (Fsp3) is 0.273. The standard InChI is InChI=1S/C11H11ClN2OS/c12-9-7-13-14(8-9)5-1-3-10(15)11-4-2-6-16-11/h2,4,6-8H,1,3,5H2. The molecule has 5 heteroatoms. The van der Waals surface area contributed by atoms with Gasteiger partial charge in [0, 0.05) is 19.2 Å². The zero-order valence-electron chi connectivity index (χ0n) is 8.60. The molecule has 0 aliphatic rings. The second-order valence-corrected chi connectivity index (χ2v) is 4.81. The zero-order chi connectivity index (χ0) is 11.4. The quantitative estimate of drug-likeness (QED) is 0.768. The highest BCUT2D eigenvalue weighted by molar-refractivity contribution is 7.12. The molecule has 0 aliphatic heterocycles. The molecule has 3 nitrogen and oxygen atoms in total. The number of rotatable bonds is 5. The summed E-state index contributed by atoms with van der Waals surface area (Å²) in [6, 6.07) is 3.75. The van der Waals surface area contributed by atoms with E-state index >= 15 is 0 Å². The Hall–Kier alpha value is -1.13. The normalized spacial score (nSPS) is 10.6. The van der Waals surface area contributed by atoms with Crippen LogP contribution in [0, 0.1) is 0 Å². The Balaban J connectivity index is 1.78. The summed E-state index contributed by atoms with van der Waals surface area (Å²) in [7, 11) is 0. The van der Waals surface area contributed by atoms with Crippen LogP contribution in [0.5, 0.6) is 0 Å². The highest BCUT2D eigenvalue weighted by Gasteiger charge is 2.06. The summed E-state index contributed by atoms with van der Waals surface area (Å²) in [6.07, 6.45) is 4.70. The minimum Gasteiger partial charge on any atom is -0.293 e. The lowest BCUT2D eigenvalue weighted by molar-refractivity contribution is 0.0982. The van der Waals surface area contributed by atoms with Gasteiger partial charge in [0.15, 0.2) is 5.78 Å². The van der Waals surface area contributed by atoms with Crippen LogP contribution in [0.2, 0.25) is 5.02 Å². The van der Waals surface area contributed by atoms with Crippen LogP contribution in [-0.2, 0) is 6.54 Å². The van der Waals surface area contributed by atoms with Gasteiger partial charge in [-0.2, -0.15) is 5.10 Å². The third-order valence-electron chi connectivity index (χ3n) is 2.19. The summed E-state index contributed by atoms with van der Waals surface area (Å²) < 4.78 is 1.75. The van der Waals surface area contributed by atoms with Crippen molar-refractivity contribution in [2.75, 3.05) is 0 Å². The molecule has 2 rings (SSSR count). The van der Waals surface area contributed by atoms with Gasteiger partial charge in [-0.15, -0.1) is 11.3 Å². The maximum Gasteiger partial charge on any atom is 0.172 e. The summed E-state index contributed by atoms with van der Waals surface area (Å²) in [5, 5.41) is 6.60. The first-order chi connectivity index (χ1) is 7.75. The Labute approximate surface area is 103 Å². The van der Waals surface area contributed by atoms with Crippen LogP contribution in [0.3, 0.4) is 0 Å². The van der Waals surface area contributed by atoms with Crippen molar-refractivity contribution < 1.29 is 4.79 Å². The van der Waals surface area contributed by atoms with E-state index in [1.54, 1.807) is 17.1 Å². The lowest BCUT2D eigenvalue weighted by atomic mass is 10.2. The van der Waals surface area contributed by atoms with Gasteiger partial charge in [0.1, 0.15) is 0 Å². The predicted molar refractivity (Wildman–Crippen MR) is 65.1 cm³/mol. The molecule has 0 fully saturated rings. The van der Waals surface area contributed by atoms with Crippen molar-refractivity contribution in [3.05, 3.63) is 39.8 Å². The molecule has 84 valence electrons. The lowest BCUT2D eigenvalue weighted by Gasteiger charge is -1.99. The number of nitrogens with zero attached hydrogens (tertiary/aromatic N) is 2. The smallest absolute Gasteiger partial charge is 0.172 e. The maximum atomic E-state index is 11.7. The number of halogens is 1. The molecule has 0 atom stereocenters. The second kappa shape index (κ2) is 5.27.